The van der Waals surface area contributed by atoms with Crippen LogP contribution >= 0.6 is 0 Å². The Hall–Kier alpha value is -1.28. The standard InChI is InChI=1S/C14H19NO/c1-15(2)12-8-9-13-11(10-12)6-4-3-5-7-14(13)16/h4,6,8-10,14,16H,3,5,7H2,1-2H3. The van der Waals surface area contributed by atoms with Gasteiger partial charge in [-0.05, 0) is 42.5 Å². The molecule has 0 amide bonds. The van der Waals surface area contributed by atoms with Crippen molar-refractivity contribution in [3.8, 4) is 0 Å². The van der Waals surface area contributed by atoms with Gasteiger partial charge in [-0.2, -0.15) is 0 Å². The predicted molar refractivity (Wildman–Crippen MR) is 68.6 cm³/mol. The fourth-order valence-corrected chi connectivity index (χ4v) is 2.08. The number of benzene rings is 1. The lowest BCUT2D eigenvalue weighted by atomic mass is 9.95. The number of nitrogens with zero attached hydrogens (tertiary/aromatic N) is 1. The third kappa shape index (κ3) is 2.27. The third-order valence-electron chi connectivity index (χ3n) is 3.09. The smallest absolute Gasteiger partial charge is 0.0796 e. The van der Waals surface area contributed by atoms with Crippen LogP contribution in [0.4, 0.5) is 5.69 Å². The second kappa shape index (κ2) is 4.71. The van der Waals surface area contributed by atoms with E-state index in [0.29, 0.717) is 0 Å². The van der Waals surface area contributed by atoms with Gasteiger partial charge >= 0.3 is 0 Å². The van der Waals surface area contributed by atoms with E-state index in [1.54, 1.807) is 0 Å². The van der Waals surface area contributed by atoms with Gasteiger partial charge in [0.1, 0.15) is 0 Å². The van der Waals surface area contributed by atoms with Gasteiger partial charge in [0, 0.05) is 19.8 Å². The number of allylic oxidation sites excluding steroid dienone is 1. The van der Waals surface area contributed by atoms with E-state index in [-0.39, 0.29) is 6.10 Å². The maximum Gasteiger partial charge on any atom is 0.0796 e. The summed E-state index contributed by atoms with van der Waals surface area (Å²) in [6.07, 6.45) is 7.00. The van der Waals surface area contributed by atoms with Gasteiger partial charge in [-0.3, -0.25) is 0 Å². The van der Waals surface area contributed by atoms with Crippen molar-refractivity contribution in [3.05, 3.63) is 35.4 Å². The molecule has 1 aromatic rings. The Morgan fingerprint density at radius 2 is 2.12 bits per heavy atom. The molecule has 1 aliphatic carbocycles. The molecule has 1 unspecified atom stereocenters. The van der Waals surface area contributed by atoms with E-state index in [9.17, 15) is 5.11 Å². The molecular formula is C14H19NO. The number of aliphatic hydroxyl groups is 1. The Morgan fingerprint density at radius 1 is 1.31 bits per heavy atom. The van der Waals surface area contributed by atoms with Crippen LogP contribution in [0, 0.1) is 0 Å². The summed E-state index contributed by atoms with van der Waals surface area (Å²) in [5.41, 5.74) is 3.39. The van der Waals surface area contributed by atoms with Gasteiger partial charge in [-0.1, -0.05) is 18.2 Å². The molecule has 1 aromatic carbocycles. The Balaban J connectivity index is 2.43. The quantitative estimate of drug-likeness (QED) is 0.781. The zero-order valence-electron chi connectivity index (χ0n) is 9.98. The van der Waals surface area contributed by atoms with Crippen LogP contribution in [-0.2, 0) is 0 Å². The van der Waals surface area contributed by atoms with Crippen molar-refractivity contribution in [2.24, 2.45) is 0 Å². The summed E-state index contributed by atoms with van der Waals surface area (Å²) in [6.45, 7) is 0. The molecule has 0 fully saturated rings. The highest BCUT2D eigenvalue weighted by molar-refractivity contribution is 5.62. The van der Waals surface area contributed by atoms with Crippen molar-refractivity contribution in [2.45, 2.75) is 25.4 Å². The highest BCUT2D eigenvalue weighted by Crippen LogP contribution is 2.29. The van der Waals surface area contributed by atoms with Crippen molar-refractivity contribution >= 4 is 11.8 Å². The summed E-state index contributed by atoms with van der Waals surface area (Å²) < 4.78 is 0. The van der Waals surface area contributed by atoms with E-state index in [2.05, 4.69) is 29.2 Å². The van der Waals surface area contributed by atoms with E-state index >= 15 is 0 Å². The number of rotatable bonds is 1. The Morgan fingerprint density at radius 3 is 2.88 bits per heavy atom. The van der Waals surface area contributed by atoms with E-state index in [4.69, 9.17) is 0 Å². The lowest BCUT2D eigenvalue weighted by molar-refractivity contribution is 0.164. The summed E-state index contributed by atoms with van der Waals surface area (Å²) in [5, 5.41) is 10.0. The van der Waals surface area contributed by atoms with Crippen molar-refractivity contribution in [1.82, 2.24) is 0 Å². The lowest BCUT2D eigenvalue weighted by Crippen LogP contribution is -2.10. The average Bonchev–Trinajstić information content (AvgIpc) is 2.25. The van der Waals surface area contributed by atoms with Gasteiger partial charge in [-0.25, -0.2) is 0 Å². The number of anilines is 1. The van der Waals surface area contributed by atoms with E-state index in [0.717, 1.165) is 30.4 Å². The topological polar surface area (TPSA) is 23.5 Å². The summed E-state index contributed by atoms with van der Waals surface area (Å²) >= 11 is 0. The van der Waals surface area contributed by atoms with Gasteiger partial charge in [0.2, 0.25) is 0 Å². The molecule has 16 heavy (non-hydrogen) atoms. The van der Waals surface area contributed by atoms with Crippen LogP contribution in [0.2, 0.25) is 0 Å². The number of fused-ring (bicyclic) bond motifs is 1. The first-order valence-corrected chi connectivity index (χ1v) is 5.84. The van der Waals surface area contributed by atoms with Crippen LogP contribution in [0.3, 0.4) is 0 Å². The van der Waals surface area contributed by atoms with Crippen LogP contribution in [-0.4, -0.2) is 19.2 Å². The molecule has 0 bridgehead atoms. The summed E-state index contributed by atoms with van der Waals surface area (Å²) in [7, 11) is 4.07. The Labute approximate surface area is 97.2 Å². The van der Waals surface area contributed by atoms with Crippen molar-refractivity contribution in [3.63, 3.8) is 0 Å². The number of hydrogen-bond donors (Lipinski definition) is 1. The molecular weight excluding hydrogens is 198 g/mol. The molecule has 0 aliphatic heterocycles. The zero-order chi connectivity index (χ0) is 11.5. The SMILES string of the molecule is CN(C)c1ccc2c(c1)C=CCCCC2O. The van der Waals surface area contributed by atoms with Gasteiger partial charge < -0.3 is 10.0 Å². The summed E-state index contributed by atoms with van der Waals surface area (Å²) in [4.78, 5) is 2.08. The molecule has 2 rings (SSSR count). The first-order chi connectivity index (χ1) is 7.68. The van der Waals surface area contributed by atoms with Crippen LogP contribution in [0.15, 0.2) is 24.3 Å². The minimum absolute atomic E-state index is 0.309. The Bertz CT molecular complexity index is 396. The maximum atomic E-state index is 10.0. The third-order valence-corrected chi connectivity index (χ3v) is 3.09. The van der Waals surface area contributed by atoms with Crippen molar-refractivity contribution in [2.75, 3.05) is 19.0 Å². The molecule has 0 aromatic heterocycles. The maximum absolute atomic E-state index is 10.0. The molecule has 1 aliphatic rings. The second-order valence-electron chi connectivity index (χ2n) is 4.56. The number of hydrogen-bond acceptors (Lipinski definition) is 2. The molecule has 0 saturated carbocycles. The first-order valence-electron chi connectivity index (χ1n) is 5.84. The minimum Gasteiger partial charge on any atom is -0.388 e. The fourth-order valence-electron chi connectivity index (χ4n) is 2.08. The summed E-state index contributed by atoms with van der Waals surface area (Å²) in [5.74, 6) is 0. The lowest BCUT2D eigenvalue weighted by Gasteiger charge is -2.19. The minimum atomic E-state index is -0.309. The molecule has 0 heterocycles. The Kier molecular flexibility index (Phi) is 3.30. The van der Waals surface area contributed by atoms with Gasteiger partial charge in [-0.15, -0.1) is 0 Å². The van der Waals surface area contributed by atoms with E-state index in [1.807, 2.05) is 20.2 Å². The first kappa shape index (κ1) is 11.2. The van der Waals surface area contributed by atoms with Crippen molar-refractivity contribution < 1.29 is 5.11 Å². The van der Waals surface area contributed by atoms with Gasteiger partial charge in [0.25, 0.3) is 0 Å². The molecule has 1 N–H and O–H groups in total. The normalized spacial score (nSPS) is 19.8. The van der Waals surface area contributed by atoms with Crippen LogP contribution in [0.5, 0.6) is 0 Å². The van der Waals surface area contributed by atoms with Crippen LogP contribution in [0.25, 0.3) is 6.08 Å². The molecule has 0 saturated heterocycles. The summed E-state index contributed by atoms with van der Waals surface area (Å²) in [6, 6.07) is 6.25. The van der Waals surface area contributed by atoms with Crippen LogP contribution in [0.1, 0.15) is 36.5 Å². The van der Waals surface area contributed by atoms with Gasteiger partial charge in [0.15, 0.2) is 0 Å². The second-order valence-corrected chi connectivity index (χ2v) is 4.56. The molecule has 86 valence electrons. The van der Waals surface area contributed by atoms with Gasteiger partial charge in [0.05, 0.1) is 6.10 Å². The molecule has 2 heteroatoms. The van der Waals surface area contributed by atoms with Crippen LogP contribution < -0.4 is 4.90 Å². The molecule has 0 radical (unpaired) electrons. The largest absolute Gasteiger partial charge is 0.388 e. The zero-order valence-corrected chi connectivity index (χ0v) is 9.98. The highest BCUT2D eigenvalue weighted by Gasteiger charge is 2.13. The molecule has 0 spiro atoms. The van der Waals surface area contributed by atoms with E-state index in [1.165, 1.54) is 5.69 Å². The molecule has 2 nitrogen and oxygen atoms in total. The average molecular weight is 217 g/mol. The monoisotopic (exact) mass is 217 g/mol. The highest BCUT2D eigenvalue weighted by atomic mass is 16.3. The fraction of sp³-hybridized carbons (Fsp3) is 0.429. The van der Waals surface area contributed by atoms with E-state index < -0.39 is 0 Å². The number of aliphatic hydroxyl groups excluding tert-OH is 1. The predicted octanol–water partition coefficient (Wildman–Crippen LogP) is 2.98. The molecule has 1 atom stereocenters. The van der Waals surface area contributed by atoms with Crippen molar-refractivity contribution in [1.29, 1.82) is 0 Å².